The number of hydrogen-bond acceptors (Lipinski definition) is 4. The van der Waals surface area contributed by atoms with E-state index in [2.05, 4.69) is 6.07 Å². The Morgan fingerprint density at radius 3 is 2.73 bits per heavy atom. The smallest absolute Gasteiger partial charge is 0.134 e. The van der Waals surface area contributed by atoms with E-state index in [0.29, 0.717) is 0 Å². The van der Waals surface area contributed by atoms with Gasteiger partial charge < -0.3 is 4.74 Å². The van der Waals surface area contributed by atoms with Crippen LogP contribution in [0.4, 0.5) is 0 Å². The molecule has 1 aliphatic rings. The van der Waals surface area contributed by atoms with Crippen molar-refractivity contribution in [1.29, 1.82) is 5.26 Å². The van der Waals surface area contributed by atoms with E-state index in [-0.39, 0.29) is 0 Å². The summed E-state index contributed by atoms with van der Waals surface area (Å²) in [6.07, 6.45) is 5.71. The third-order valence-corrected chi connectivity index (χ3v) is 4.88. The van der Waals surface area contributed by atoms with Crippen molar-refractivity contribution in [2.45, 2.75) is 32.1 Å². The molecule has 1 fully saturated rings. The number of methoxy groups -OCH3 is 1. The van der Waals surface area contributed by atoms with Crippen LogP contribution in [0.25, 0.3) is 16.8 Å². The molecule has 0 N–H and O–H groups in total. The lowest BCUT2D eigenvalue weighted by Crippen LogP contribution is -1.97. The average Bonchev–Trinajstić information content (AvgIpc) is 3.06. The third kappa shape index (κ3) is 2.90. The Bertz CT molecular complexity index is 732. The molecule has 0 amide bonds. The van der Waals surface area contributed by atoms with Crippen molar-refractivity contribution in [2.75, 3.05) is 7.11 Å². The summed E-state index contributed by atoms with van der Waals surface area (Å²) >= 11 is 1.54. The lowest BCUT2D eigenvalue weighted by molar-refractivity contribution is 0.416. The number of nitriles is 1. The second-order valence-corrected chi connectivity index (χ2v) is 6.25. The molecule has 1 aromatic carbocycles. The van der Waals surface area contributed by atoms with Crippen molar-refractivity contribution in [3.05, 3.63) is 40.2 Å². The van der Waals surface area contributed by atoms with E-state index < -0.39 is 0 Å². The first kappa shape index (κ1) is 14.8. The summed E-state index contributed by atoms with van der Waals surface area (Å²) in [5.74, 6) is 0.808. The molecule has 22 heavy (non-hydrogen) atoms. The number of nitrogens with zero attached hydrogens (tertiary/aromatic N) is 2. The number of thiazole rings is 1. The van der Waals surface area contributed by atoms with Crippen LogP contribution in [-0.4, -0.2) is 12.1 Å². The molecule has 0 bridgehead atoms. The van der Waals surface area contributed by atoms with Gasteiger partial charge in [-0.2, -0.15) is 5.26 Å². The number of allylic oxidation sites excluding steroid dienone is 2. The Morgan fingerprint density at radius 2 is 2.00 bits per heavy atom. The molecule has 0 unspecified atom stereocenters. The van der Waals surface area contributed by atoms with Gasteiger partial charge in [-0.15, -0.1) is 11.3 Å². The van der Waals surface area contributed by atoms with E-state index in [1.54, 1.807) is 18.4 Å². The Morgan fingerprint density at radius 1 is 1.23 bits per heavy atom. The topological polar surface area (TPSA) is 45.9 Å². The minimum Gasteiger partial charge on any atom is -0.496 e. The molecule has 1 aromatic heterocycles. The fourth-order valence-corrected chi connectivity index (χ4v) is 3.74. The SMILES string of the molecule is COc1ccccc1-c1csc(C(C#N)=C2CCCCC2)n1. The second kappa shape index (κ2) is 6.76. The number of para-hydroxylation sites is 1. The molecule has 4 heteroatoms. The lowest BCUT2D eigenvalue weighted by atomic mass is 9.91. The van der Waals surface area contributed by atoms with Crippen molar-refractivity contribution in [2.24, 2.45) is 0 Å². The summed E-state index contributed by atoms with van der Waals surface area (Å²) < 4.78 is 5.40. The summed E-state index contributed by atoms with van der Waals surface area (Å²) in [5, 5.41) is 12.4. The molecule has 0 radical (unpaired) electrons. The van der Waals surface area contributed by atoms with Gasteiger partial charge in [0.05, 0.1) is 18.4 Å². The van der Waals surface area contributed by atoms with E-state index >= 15 is 0 Å². The zero-order chi connectivity index (χ0) is 15.4. The van der Waals surface area contributed by atoms with Crippen LogP contribution < -0.4 is 4.74 Å². The van der Waals surface area contributed by atoms with Gasteiger partial charge in [-0.1, -0.05) is 18.6 Å². The largest absolute Gasteiger partial charge is 0.496 e. The number of benzene rings is 1. The first-order valence-electron chi connectivity index (χ1n) is 7.55. The van der Waals surface area contributed by atoms with Crippen LogP contribution in [0.3, 0.4) is 0 Å². The monoisotopic (exact) mass is 310 g/mol. The van der Waals surface area contributed by atoms with Crippen LogP contribution in [0, 0.1) is 11.3 Å². The maximum absolute atomic E-state index is 9.55. The number of ether oxygens (including phenoxy) is 1. The van der Waals surface area contributed by atoms with Gasteiger partial charge >= 0.3 is 0 Å². The van der Waals surface area contributed by atoms with Gasteiger partial charge in [0.15, 0.2) is 0 Å². The summed E-state index contributed by atoms with van der Waals surface area (Å²) in [5.41, 5.74) is 3.90. The predicted molar refractivity (Wildman–Crippen MR) is 89.7 cm³/mol. The standard InChI is InChI=1S/C18H18N2OS/c1-21-17-10-6-5-9-14(17)16-12-22-18(20-16)15(11-19)13-7-3-2-4-8-13/h5-6,9-10,12H,2-4,7-8H2,1H3. The Labute approximate surface area is 134 Å². The van der Waals surface area contributed by atoms with Gasteiger partial charge in [0.25, 0.3) is 0 Å². The van der Waals surface area contributed by atoms with Crippen LogP contribution in [0.5, 0.6) is 5.75 Å². The van der Waals surface area contributed by atoms with Crippen molar-refractivity contribution in [3.8, 4) is 23.1 Å². The Balaban J connectivity index is 1.98. The Kier molecular flexibility index (Phi) is 4.55. The van der Waals surface area contributed by atoms with Gasteiger partial charge in [-0.05, 0) is 43.4 Å². The normalized spacial score (nSPS) is 14.5. The van der Waals surface area contributed by atoms with Crippen molar-refractivity contribution in [3.63, 3.8) is 0 Å². The maximum Gasteiger partial charge on any atom is 0.134 e. The van der Waals surface area contributed by atoms with Crippen LogP contribution in [0.1, 0.15) is 37.1 Å². The quantitative estimate of drug-likeness (QED) is 0.744. The minimum absolute atomic E-state index is 0.783. The highest BCUT2D eigenvalue weighted by Crippen LogP contribution is 2.35. The highest BCUT2D eigenvalue weighted by molar-refractivity contribution is 7.11. The molecule has 1 heterocycles. The zero-order valence-corrected chi connectivity index (χ0v) is 13.4. The molecule has 0 atom stereocenters. The average molecular weight is 310 g/mol. The molecule has 1 saturated carbocycles. The van der Waals surface area contributed by atoms with E-state index in [4.69, 9.17) is 9.72 Å². The summed E-state index contributed by atoms with van der Waals surface area (Å²) in [4.78, 5) is 4.69. The zero-order valence-electron chi connectivity index (χ0n) is 12.6. The molecule has 1 aliphatic carbocycles. The summed E-state index contributed by atoms with van der Waals surface area (Å²) in [6, 6.07) is 10.2. The van der Waals surface area contributed by atoms with E-state index in [1.165, 1.54) is 24.8 Å². The predicted octanol–water partition coefficient (Wildman–Crippen LogP) is 5.06. The van der Waals surface area contributed by atoms with Gasteiger partial charge in [-0.25, -0.2) is 4.98 Å². The first-order valence-corrected chi connectivity index (χ1v) is 8.43. The first-order chi connectivity index (χ1) is 10.8. The highest BCUT2D eigenvalue weighted by Gasteiger charge is 2.17. The molecule has 0 spiro atoms. The fourth-order valence-electron chi connectivity index (χ4n) is 2.88. The van der Waals surface area contributed by atoms with Crippen LogP contribution in [0.15, 0.2) is 35.2 Å². The van der Waals surface area contributed by atoms with Crippen LogP contribution in [0.2, 0.25) is 0 Å². The van der Waals surface area contributed by atoms with Gasteiger partial charge in [-0.3, -0.25) is 0 Å². The summed E-state index contributed by atoms with van der Waals surface area (Å²) in [6.45, 7) is 0. The van der Waals surface area contributed by atoms with E-state index in [0.717, 1.165) is 40.4 Å². The second-order valence-electron chi connectivity index (χ2n) is 5.39. The van der Waals surface area contributed by atoms with Gasteiger partial charge in [0.2, 0.25) is 0 Å². The third-order valence-electron chi connectivity index (χ3n) is 4.02. The lowest BCUT2D eigenvalue weighted by Gasteiger charge is -2.14. The van der Waals surface area contributed by atoms with E-state index in [1.807, 2.05) is 29.6 Å². The number of aromatic nitrogens is 1. The van der Waals surface area contributed by atoms with Crippen molar-refractivity contribution >= 4 is 16.9 Å². The van der Waals surface area contributed by atoms with Crippen LogP contribution >= 0.6 is 11.3 Å². The van der Waals surface area contributed by atoms with Crippen molar-refractivity contribution in [1.82, 2.24) is 4.98 Å². The van der Waals surface area contributed by atoms with Crippen molar-refractivity contribution < 1.29 is 4.74 Å². The molecule has 2 aromatic rings. The van der Waals surface area contributed by atoms with Gasteiger partial charge in [0, 0.05) is 10.9 Å². The number of hydrogen-bond donors (Lipinski definition) is 0. The molecule has 0 aliphatic heterocycles. The molecule has 112 valence electrons. The molecule has 3 nitrogen and oxygen atoms in total. The maximum atomic E-state index is 9.55. The Hall–Kier alpha value is -2.12. The van der Waals surface area contributed by atoms with Crippen LogP contribution in [-0.2, 0) is 0 Å². The van der Waals surface area contributed by atoms with Gasteiger partial charge in [0.1, 0.15) is 16.8 Å². The summed E-state index contributed by atoms with van der Waals surface area (Å²) in [7, 11) is 1.66. The molecule has 0 saturated heterocycles. The highest BCUT2D eigenvalue weighted by atomic mass is 32.1. The molecular formula is C18H18N2OS. The molecular weight excluding hydrogens is 292 g/mol. The molecule has 3 rings (SSSR count). The number of rotatable bonds is 3. The minimum atomic E-state index is 0.783. The van der Waals surface area contributed by atoms with E-state index in [9.17, 15) is 5.26 Å². The fraction of sp³-hybridized carbons (Fsp3) is 0.333.